The van der Waals surface area contributed by atoms with E-state index in [0.717, 1.165) is 24.1 Å². The zero-order valence-corrected chi connectivity index (χ0v) is 13.3. The van der Waals surface area contributed by atoms with Crippen LogP contribution in [0.3, 0.4) is 0 Å². The molecule has 3 rings (SSSR count). The minimum atomic E-state index is -0.184. The molecule has 1 aliphatic carbocycles. The second-order valence-corrected chi connectivity index (χ2v) is 6.53. The largest absolute Gasteiger partial charge is 0.381 e. The van der Waals surface area contributed by atoms with Gasteiger partial charge in [-0.15, -0.1) is 0 Å². The Morgan fingerprint density at radius 2 is 1.67 bits per heavy atom. The van der Waals surface area contributed by atoms with E-state index in [0.29, 0.717) is 27.0 Å². The van der Waals surface area contributed by atoms with Gasteiger partial charge in [-0.2, -0.15) is 0 Å². The summed E-state index contributed by atoms with van der Waals surface area (Å²) in [5.74, 6) is 0.205. The number of benzene rings is 2. The Kier molecular flexibility index (Phi) is 4.30. The third-order valence-corrected chi connectivity index (χ3v) is 4.86. The minimum Gasteiger partial charge on any atom is -0.381 e. The van der Waals surface area contributed by atoms with Crippen LogP contribution in [0.4, 0.5) is 10.1 Å². The number of hydrogen-bond acceptors (Lipinski definition) is 1. The summed E-state index contributed by atoms with van der Waals surface area (Å²) < 4.78 is 13.2. The maximum Gasteiger partial charge on any atom is 0.123 e. The molecule has 0 radical (unpaired) electrons. The molecule has 0 unspecified atom stereocenters. The smallest absolute Gasteiger partial charge is 0.123 e. The summed E-state index contributed by atoms with van der Waals surface area (Å²) in [6.07, 6.45) is 1.89. The van der Waals surface area contributed by atoms with Gasteiger partial charge in [-0.3, -0.25) is 0 Å². The summed E-state index contributed by atoms with van der Waals surface area (Å²) in [5, 5.41) is 4.83. The van der Waals surface area contributed by atoms with Gasteiger partial charge in [0.1, 0.15) is 5.82 Å². The lowest BCUT2D eigenvalue weighted by Gasteiger charge is -2.37. The lowest BCUT2D eigenvalue weighted by atomic mass is 9.76. The quantitative estimate of drug-likeness (QED) is 0.659. The zero-order valence-electron chi connectivity index (χ0n) is 11.0. The molecule has 1 saturated carbocycles. The van der Waals surface area contributed by atoms with Crippen LogP contribution in [0.1, 0.15) is 24.3 Å². The predicted molar refractivity (Wildman–Crippen MR) is 87.3 cm³/mol. The van der Waals surface area contributed by atoms with Crippen LogP contribution in [0.25, 0.3) is 0 Å². The maximum absolute atomic E-state index is 13.2. The van der Waals surface area contributed by atoms with Gasteiger partial charge < -0.3 is 5.32 Å². The first-order valence-electron chi connectivity index (χ1n) is 6.69. The fraction of sp³-hybridized carbons (Fsp3) is 0.250. The fourth-order valence-electron chi connectivity index (χ4n) is 2.62. The molecular formula is C16H13Cl3FN. The minimum absolute atomic E-state index is 0.184. The summed E-state index contributed by atoms with van der Waals surface area (Å²) >= 11 is 18.1. The van der Waals surface area contributed by atoms with Gasteiger partial charge in [0.25, 0.3) is 0 Å². The number of anilines is 1. The average Bonchev–Trinajstić information content (AvgIpc) is 2.39. The molecule has 0 spiro atoms. The van der Waals surface area contributed by atoms with Crippen LogP contribution in [-0.2, 0) is 0 Å². The maximum atomic E-state index is 13.2. The van der Waals surface area contributed by atoms with Crippen LogP contribution in [-0.4, -0.2) is 6.04 Å². The molecule has 110 valence electrons. The lowest BCUT2D eigenvalue weighted by Crippen LogP contribution is -2.34. The first-order valence-corrected chi connectivity index (χ1v) is 7.83. The zero-order chi connectivity index (χ0) is 15.0. The SMILES string of the molecule is Fc1cccc(C2CC(Nc3cc(Cl)c(Cl)cc3Cl)C2)c1. The van der Waals surface area contributed by atoms with E-state index < -0.39 is 0 Å². The van der Waals surface area contributed by atoms with Gasteiger partial charge in [0, 0.05) is 6.04 Å². The third kappa shape index (κ3) is 3.28. The van der Waals surface area contributed by atoms with Gasteiger partial charge in [0.05, 0.1) is 20.8 Å². The first-order chi connectivity index (χ1) is 10.0. The Morgan fingerprint density at radius 3 is 2.38 bits per heavy atom. The van der Waals surface area contributed by atoms with Crippen molar-refractivity contribution in [1.29, 1.82) is 0 Å². The van der Waals surface area contributed by atoms with Crippen molar-refractivity contribution >= 4 is 40.5 Å². The molecular weight excluding hydrogens is 332 g/mol. The highest BCUT2D eigenvalue weighted by Gasteiger charge is 2.30. The molecule has 1 aliphatic rings. The molecule has 0 saturated heterocycles. The fourth-order valence-corrected chi connectivity index (χ4v) is 3.22. The molecule has 0 bridgehead atoms. The van der Waals surface area contributed by atoms with E-state index in [2.05, 4.69) is 5.32 Å². The Morgan fingerprint density at radius 1 is 0.952 bits per heavy atom. The molecule has 5 heteroatoms. The van der Waals surface area contributed by atoms with E-state index in [-0.39, 0.29) is 5.82 Å². The van der Waals surface area contributed by atoms with E-state index >= 15 is 0 Å². The van der Waals surface area contributed by atoms with Gasteiger partial charge in [-0.05, 0) is 48.6 Å². The number of halogens is 4. The monoisotopic (exact) mass is 343 g/mol. The molecule has 1 nitrogen and oxygen atoms in total. The van der Waals surface area contributed by atoms with Crippen molar-refractivity contribution < 1.29 is 4.39 Å². The Labute approximate surface area is 138 Å². The van der Waals surface area contributed by atoms with Crippen LogP contribution in [0, 0.1) is 5.82 Å². The summed E-state index contributed by atoms with van der Waals surface area (Å²) in [4.78, 5) is 0. The van der Waals surface area contributed by atoms with Gasteiger partial charge in [-0.25, -0.2) is 4.39 Å². The molecule has 0 atom stereocenters. The molecule has 21 heavy (non-hydrogen) atoms. The molecule has 0 amide bonds. The second-order valence-electron chi connectivity index (χ2n) is 5.31. The van der Waals surface area contributed by atoms with Crippen molar-refractivity contribution in [2.75, 3.05) is 5.32 Å². The molecule has 2 aromatic carbocycles. The van der Waals surface area contributed by atoms with Crippen molar-refractivity contribution in [2.24, 2.45) is 0 Å². The topological polar surface area (TPSA) is 12.0 Å². The number of nitrogens with one attached hydrogen (secondary N) is 1. The van der Waals surface area contributed by atoms with Crippen molar-refractivity contribution in [2.45, 2.75) is 24.8 Å². The molecule has 0 aromatic heterocycles. The van der Waals surface area contributed by atoms with Crippen LogP contribution in [0.15, 0.2) is 36.4 Å². The van der Waals surface area contributed by atoms with E-state index in [4.69, 9.17) is 34.8 Å². The van der Waals surface area contributed by atoms with Crippen molar-refractivity contribution in [1.82, 2.24) is 0 Å². The second kappa shape index (κ2) is 6.04. The summed E-state index contributed by atoms with van der Waals surface area (Å²) in [5.41, 5.74) is 1.84. The van der Waals surface area contributed by atoms with E-state index in [1.807, 2.05) is 6.07 Å². The standard InChI is InChI=1S/C16H13Cl3FN/c17-13-7-15(19)16(8-14(13)18)21-12-5-10(6-12)9-2-1-3-11(20)4-9/h1-4,7-8,10,12,21H,5-6H2. The summed E-state index contributed by atoms with van der Waals surface area (Å²) in [7, 11) is 0. The number of hydrogen-bond donors (Lipinski definition) is 1. The van der Waals surface area contributed by atoms with Crippen LogP contribution >= 0.6 is 34.8 Å². The Bertz CT molecular complexity index is 669. The first kappa shape index (κ1) is 15.0. The van der Waals surface area contributed by atoms with Crippen LogP contribution in [0.5, 0.6) is 0 Å². The molecule has 1 N–H and O–H groups in total. The van der Waals surface area contributed by atoms with E-state index in [9.17, 15) is 4.39 Å². The highest BCUT2D eigenvalue weighted by Crippen LogP contribution is 2.40. The highest BCUT2D eigenvalue weighted by molar-refractivity contribution is 6.44. The van der Waals surface area contributed by atoms with Crippen molar-refractivity contribution in [3.05, 3.63) is 62.8 Å². The van der Waals surface area contributed by atoms with Gasteiger partial charge in [0.2, 0.25) is 0 Å². The normalized spacial score (nSPS) is 21.0. The van der Waals surface area contributed by atoms with E-state index in [1.54, 1.807) is 24.3 Å². The molecule has 1 fully saturated rings. The summed E-state index contributed by atoms with van der Waals surface area (Å²) in [6, 6.07) is 10.5. The van der Waals surface area contributed by atoms with Gasteiger partial charge in [0.15, 0.2) is 0 Å². The third-order valence-electron chi connectivity index (χ3n) is 3.83. The average molecular weight is 345 g/mol. The van der Waals surface area contributed by atoms with Crippen LogP contribution < -0.4 is 5.32 Å². The van der Waals surface area contributed by atoms with Crippen molar-refractivity contribution in [3.8, 4) is 0 Å². The molecule has 0 aliphatic heterocycles. The van der Waals surface area contributed by atoms with E-state index in [1.165, 1.54) is 6.07 Å². The molecule has 0 heterocycles. The van der Waals surface area contributed by atoms with Gasteiger partial charge >= 0.3 is 0 Å². The summed E-state index contributed by atoms with van der Waals surface area (Å²) in [6.45, 7) is 0. The van der Waals surface area contributed by atoms with Crippen LogP contribution in [0.2, 0.25) is 15.1 Å². The lowest BCUT2D eigenvalue weighted by molar-refractivity contribution is 0.373. The van der Waals surface area contributed by atoms with Gasteiger partial charge in [-0.1, -0.05) is 46.9 Å². The Hall–Kier alpha value is -0.960. The Balaban J connectivity index is 1.64. The molecule has 2 aromatic rings. The van der Waals surface area contributed by atoms with Crippen molar-refractivity contribution in [3.63, 3.8) is 0 Å². The highest BCUT2D eigenvalue weighted by atomic mass is 35.5. The predicted octanol–water partition coefficient (Wildman–Crippen LogP) is 6.14. The number of rotatable bonds is 3.